The summed E-state index contributed by atoms with van der Waals surface area (Å²) < 4.78 is 0. The molecule has 94 valence electrons. The van der Waals surface area contributed by atoms with Crippen molar-refractivity contribution in [3.63, 3.8) is 0 Å². The number of hydrogen-bond donors (Lipinski definition) is 2. The molecule has 0 saturated heterocycles. The van der Waals surface area contributed by atoms with E-state index < -0.39 is 17.1 Å². The minimum Gasteiger partial charge on any atom is -0.390 e. The van der Waals surface area contributed by atoms with Gasteiger partial charge in [0.05, 0.1) is 16.6 Å². The molecule has 2 N–H and O–H groups in total. The predicted molar refractivity (Wildman–Crippen MR) is 67.2 cm³/mol. The SMILES string of the molecule is Cc1ccc([N+](=O)[O-])c(C(O)C(O)CCBr)c1. The molecule has 0 bridgehead atoms. The van der Waals surface area contributed by atoms with Crippen molar-refractivity contribution in [1.82, 2.24) is 0 Å². The summed E-state index contributed by atoms with van der Waals surface area (Å²) in [5.41, 5.74) is 0.788. The minimum atomic E-state index is -1.24. The van der Waals surface area contributed by atoms with Crippen LogP contribution in [0.15, 0.2) is 18.2 Å². The molecule has 1 aromatic rings. The fourth-order valence-corrected chi connectivity index (χ4v) is 2.02. The van der Waals surface area contributed by atoms with Crippen LogP contribution in [-0.4, -0.2) is 26.6 Å². The summed E-state index contributed by atoms with van der Waals surface area (Å²) in [6.07, 6.45) is -1.94. The number of nitro benzene ring substituents is 1. The van der Waals surface area contributed by atoms with Crippen molar-refractivity contribution in [1.29, 1.82) is 0 Å². The lowest BCUT2D eigenvalue weighted by atomic mass is 9.99. The maximum absolute atomic E-state index is 10.8. The molecule has 0 aliphatic rings. The third kappa shape index (κ3) is 3.49. The molecular formula is C11H14BrNO4. The molecule has 0 aromatic heterocycles. The Kier molecular flexibility index (Phi) is 5.04. The van der Waals surface area contributed by atoms with Crippen molar-refractivity contribution in [3.05, 3.63) is 39.4 Å². The van der Waals surface area contributed by atoms with Crippen LogP contribution in [0.2, 0.25) is 0 Å². The van der Waals surface area contributed by atoms with E-state index in [1.54, 1.807) is 13.0 Å². The molecule has 1 rings (SSSR count). The molecule has 0 saturated carbocycles. The van der Waals surface area contributed by atoms with Gasteiger partial charge in [0.25, 0.3) is 5.69 Å². The lowest BCUT2D eigenvalue weighted by Gasteiger charge is -2.17. The van der Waals surface area contributed by atoms with Gasteiger partial charge >= 0.3 is 0 Å². The number of aliphatic hydroxyl groups excluding tert-OH is 2. The van der Waals surface area contributed by atoms with Crippen molar-refractivity contribution in [2.75, 3.05) is 5.33 Å². The highest BCUT2D eigenvalue weighted by molar-refractivity contribution is 9.09. The third-order valence-electron chi connectivity index (χ3n) is 2.47. The second-order valence-corrected chi connectivity index (χ2v) is 4.60. The molecule has 0 fully saturated rings. The van der Waals surface area contributed by atoms with Gasteiger partial charge in [0, 0.05) is 11.4 Å². The predicted octanol–water partition coefficient (Wildman–Crippen LogP) is 2.08. The molecule has 17 heavy (non-hydrogen) atoms. The van der Waals surface area contributed by atoms with E-state index in [-0.39, 0.29) is 11.3 Å². The number of alkyl halides is 1. The van der Waals surface area contributed by atoms with Crippen molar-refractivity contribution in [2.24, 2.45) is 0 Å². The van der Waals surface area contributed by atoms with Crippen LogP contribution in [0, 0.1) is 17.0 Å². The standard InChI is InChI=1S/C11H14BrNO4/c1-7-2-3-9(13(16)17)8(6-7)11(15)10(14)4-5-12/h2-3,6,10-11,14-15H,4-5H2,1H3. The first-order valence-corrected chi connectivity index (χ1v) is 6.26. The second kappa shape index (κ2) is 6.09. The lowest BCUT2D eigenvalue weighted by molar-refractivity contribution is -0.386. The zero-order valence-electron chi connectivity index (χ0n) is 9.34. The van der Waals surface area contributed by atoms with E-state index in [0.29, 0.717) is 11.8 Å². The summed E-state index contributed by atoms with van der Waals surface area (Å²) in [4.78, 5) is 10.3. The Hall–Kier alpha value is -0.980. The van der Waals surface area contributed by atoms with E-state index in [4.69, 9.17) is 0 Å². The normalized spacial score (nSPS) is 14.4. The maximum atomic E-state index is 10.8. The Bertz CT molecular complexity index is 410. The van der Waals surface area contributed by atoms with Gasteiger partial charge < -0.3 is 10.2 Å². The highest BCUT2D eigenvalue weighted by Gasteiger charge is 2.25. The number of halogens is 1. The van der Waals surface area contributed by atoms with Crippen molar-refractivity contribution < 1.29 is 15.1 Å². The highest BCUT2D eigenvalue weighted by atomic mass is 79.9. The fraction of sp³-hybridized carbons (Fsp3) is 0.455. The van der Waals surface area contributed by atoms with Crippen LogP contribution in [-0.2, 0) is 0 Å². The van der Waals surface area contributed by atoms with E-state index in [0.717, 1.165) is 5.56 Å². The smallest absolute Gasteiger partial charge is 0.275 e. The molecule has 0 amide bonds. The van der Waals surface area contributed by atoms with Crippen LogP contribution < -0.4 is 0 Å². The van der Waals surface area contributed by atoms with E-state index >= 15 is 0 Å². The Balaban J connectivity index is 3.10. The van der Waals surface area contributed by atoms with Gasteiger partial charge in [-0.1, -0.05) is 27.6 Å². The van der Waals surface area contributed by atoms with Crippen LogP contribution in [0.5, 0.6) is 0 Å². The Morgan fingerprint density at radius 1 is 1.47 bits per heavy atom. The molecule has 6 heteroatoms. The molecule has 0 spiro atoms. The molecule has 5 nitrogen and oxygen atoms in total. The van der Waals surface area contributed by atoms with E-state index in [1.165, 1.54) is 12.1 Å². The molecule has 0 aliphatic heterocycles. The zero-order valence-corrected chi connectivity index (χ0v) is 10.9. The number of hydrogen-bond acceptors (Lipinski definition) is 4. The Morgan fingerprint density at radius 3 is 2.65 bits per heavy atom. The van der Waals surface area contributed by atoms with Gasteiger partial charge in [-0.3, -0.25) is 10.1 Å². The topological polar surface area (TPSA) is 83.6 Å². The fourth-order valence-electron chi connectivity index (χ4n) is 1.55. The molecule has 0 aliphatic carbocycles. The second-order valence-electron chi connectivity index (χ2n) is 3.81. The molecule has 1 aromatic carbocycles. The van der Waals surface area contributed by atoms with Crippen molar-refractivity contribution >= 4 is 21.6 Å². The Morgan fingerprint density at radius 2 is 2.12 bits per heavy atom. The quantitative estimate of drug-likeness (QED) is 0.495. The van der Waals surface area contributed by atoms with Gasteiger partial charge in [-0.15, -0.1) is 0 Å². The summed E-state index contributed by atoms with van der Waals surface area (Å²) >= 11 is 3.15. The number of benzene rings is 1. The van der Waals surface area contributed by atoms with Crippen LogP contribution >= 0.6 is 15.9 Å². The minimum absolute atomic E-state index is 0.156. The monoisotopic (exact) mass is 303 g/mol. The van der Waals surface area contributed by atoms with Gasteiger partial charge in [-0.05, 0) is 19.4 Å². The zero-order chi connectivity index (χ0) is 13.0. The molecule has 0 heterocycles. The van der Waals surface area contributed by atoms with Crippen LogP contribution in [0.1, 0.15) is 23.7 Å². The van der Waals surface area contributed by atoms with E-state index in [9.17, 15) is 20.3 Å². The summed E-state index contributed by atoms with van der Waals surface area (Å²) in [6.45, 7) is 1.77. The van der Waals surface area contributed by atoms with Gasteiger partial charge in [-0.2, -0.15) is 0 Å². The van der Waals surface area contributed by atoms with Gasteiger partial charge in [0.15, 0.2) is 0 Å². The lowest BCUT2D eigenvalue weighted by Crippen LogP contribution is -2.19. The summed E-state index contributed by atoms with van der Waals surface area (Å²) in [7, 11) is 0. The number of aryl methyl sites for hydroxylation is 1. The largest absolute Gasteiger partial charge is 0.390 e. The van der Waals surface area contributed by atoms with Gasteiger partial charge in [0.1, 0.15) is 6.10 Å². The maximum Gasteiger partial charge on any atom is 0.275 e. The van der Waals surface area contributed by atoms with E-state index in [2.05, 4.69) is 15.9 Å². The first-order chi connectivity index (χ1) is 7.97. The number of nitro groups is 1. The molecular weight excluding hydrogens is 290 g/mol. The number of rotatable bonds is 5. The van der Waals surface area contributed by atoms with Crippen molar-refractivity contribution in [3.8, 4) is 0 Å². The van der Waals surface area contributed by atoms with Gasteiger partial charge in [0.2, 0.25) is 0 Å². The van der Waals surface area contributed by atoms with Gasteiger partial charge in [-0.25, -0.2) is 0 Å². The first kappa shape index (κ1) is 14.1. The number of aliphatic hydroxyl groups is 2. The molecule has 2 unspecified atom stereocenters. The molecule has 2 atom stereocenters. The average Bonchev–Trinajstić information content (AvgIpc) is 2.27. The summed E-state index contributed by atoms with van der Waals surface area (Å²) in [5.74, 6) is 0. The van der Waals surface area contributed by atoms with Crippen LogP contribution in [0.25, 0.3) is 0 Å². The van der Waals surface area contributed by atoms with E-state index in [1.807, 2.05) is 0 Å². The summed E-state index contributed by atoms with van der Waals surface area (Å²) in [5, 5.41) is 30.9. The first-order valence-electron chi connectivity index (χ1n) is 5.14. The highest BCUT2D eigenvalue weighted by Crippen LogP contribution is 2.29. The van der Waals surface area contributed by atoms with Crippen LogP contribution in [0.4, 0.5) is 5.69 Å². The number of nitrogens with zero attached hydrogens (tertiary/aromatic N) is 1. The Labute approximate surface area is 107 Å². The molecule has 0 radical (unpaired) electrons. The summed E-state index contributed by atoms with van der Waals surface area (Å²) in [6, 6.07) is 4.47. The van der Waals surface area contributed by atoms with Crippen molar-refractivity contribution in [2.45, 2.75) is 25.6 Å². The average molecular weight is 304 g/mol. The van der Waals surface area contributed by atoms with Crippen LogP contribution in [0.3, 0.4) is 0 Å². The third-order valence-corrected chi connectivity index (χ3v) is 2.93.